The summed E-state index contributed by atoms with van der Waals surface area (Å²) in [7, 11) is 0. The number of hydrogen-bond acceptors (Lipinski definition) is 13. The SMILES string of the molecule is Br.Br.Nc1ncccn1.O=C(O)C(=O)CBr.O=C(O)C1(O)CN2C=CC=NC2=N1.O=C(O)c1cn2cccnc2n1. The number of allylic oxidation sites excluding steroid dienone is 1. The summed E-state index contributed by atoms with van der Waals surface area (Å²) >= 11 is 2.68. The Balaban J connectivity index is 0.000000532. The summed E-state index contributed by atoms with van der Waals surface area (Å²) in [5.41, 5.74) is 3.09. The van der Waals surface area contributed by atoms with Gasteiger partial charge in [-0.05, 0) is 18.2 Å². The number of nitrogens with zero attached hydrogens (tertiary/aromatic N) is 8. The lowest BCUT2D eigenvalue weighted by atomic mass is 10.2. The number of carbonyl (C=O) groups excluding carboxylic acids is 1. The van der Waals surface area contributed by atoms with Gasteiger partial charge in [0, 0.05) is 43.4 Å². The number of imidazole rings is 1. The van der Waals surface area contributed by atoms with E-state index in [1.165, 1.54) is 17.3 Å². The second-order valence-corrected chi connectivity index (χ2v) is 7.57. The fourth-order valence-corrected chi connectivity index (χ4v) is 2.70. The van der Waals surface area contributed by atoms with E-state index in [-0.39, 0.29) is 57.5 Å². The van der Waals surface area contributed by atoms with E-state index < -0.39 is 29.4 Å². The summed E-state index contributed by atoms with van der Waals surface area (Å²) in [6.07, 6.45) is 12.6. The molecule has 0 fully saturated rings. The fraction of sp³-hybridized carbons (Fsp3) is 0.143. The van der Waals surface area contributed by atoms with Crippen molar-refractivity contribution in [1.82, 2.24) is 29.2 Å². The summed E-state index contributed by atoms with van der Waals surface area (Å²) in [5, 5.41) is 34.4. The minimum atomic E-state index is -2.05. The largest absolute Gasteiger partial charge is 0.478 e. The normalized spacial score (nSPS) is 15.5. The smallest absolute Gasteiger partial charge is 0.373 e. The van der Waals surface area contributed by atoms with Gasteiger partial charge in [-0.1, -0.05) is 15.9 Å². The van der Waals surface area contributed by atoms with Crippen LogP contribution in [0.25, 0.3) is 5.78 Å². The number of nitrogen functional groups attached to an aromatic ring is 1. The number of ketones is 1. The van der Waals surface area contributed by atoms with Crippen LogP contribution >= 0.6 is 49.9 Å². The van der Waals surface area contributed by atoms with Crippen LogP contribution in [0.5, 0.6) is 0 Å². The molecule has 5 rings (SSSR count). The number of nitrogens with two attached hydrogens (primary N) is 1. The van der Waals surface area contributed by atoms with Gasteiger partial charge in [0.25, 0.3) is 5.72 Å². The number of guanidine groups is 1. The van der Waals surface area contributed by atoms with E-state index in [9.17, 15) is 24.3 Å². The van der Waals surface area contributed by atoms with Crippen molar-refractivity contribution in [3.8, 4) is 0 Å². The first-order valence-electron chi connectivity index (χ1n) is 10.4. The van der Waals surface area contributed by atoms with Crippen molar-refractivity contribution in [2.75, 3.05) is 17.6 Å². The Morgan fingerprint density at radius 2 is 1.66 bits per heavy atom. The predicted octanol–water partition coefficient (Wildman–Crippen LogP) is 0.706. The number of Topliss-reactive ketones (excluding diaryl/α,β-unsaturated/α-hetero) is 1. The highest BCUT2D eigenvalue weighted by atomic mass is 79.9. The van der Waals surface area contributed by atoms with Crippen molar-refractivity contribution in [2.24, 2.45) is 9.98 Å². The molecule has 20 heteroatoms. The molecule has 220 valence electrons. The minimum absolute atomic E-state index is 0. The number of fused-ring (bicyclic) bond motifs is 2. The minimum Gasteiger partial charge on any atom is -0.478 e. The lowest BCUT2D eigenvalue weighted by molar-refractivity contribution is -0.156. The van der Waals surface area contributed by atoms with Crippen molar-refractivity contribution < 1.29 is 39.6 Å². The number of rotatable bonds is 4. The maximum absolute atomic E-state index is 10.6. The molecule has 3 aromatic rings. The van der Waals surface area contributed by atoms with Crippen molar-refractivity contribution in [3.05, 3.63) is 61.1 Å². The number of carbonyl (C=O) groups is 4. The number of aliphatic imine (C=N–C) groups is 2. The second kappa shape index (κ2) is 17.5. The first kappa shape index (κ1) is 36.9. The molecule has 3 aromatic heterocycles. The van der Waals surface area contributed by atoms with Gasteiger partial charge in [0.1, 0.15) is 0 Å². The zero-order valence-electron chi connectivity index (χ0n) is 20.5. The molecule has 1 atom stereocenters. The van der Waals surface area contributed by atoms with Crippen molar-refractivity contribution in [1.29, 1.82) is 0 Å². The first-order valence-corrected chi connectivity index (χ1v) is 11.5. The topological polar surface area (TPSA) is 259 Å². The summed E-state index contributed by atoms with van der Waals surface area (Å²) < 4.78 is 1.56. The molecule has 1 unspecified atom stereocenters. The number of aromatic nitrogens is 5. The van der Waals surface area contributed by atoms with Crippen LogP contribution in [0.2, 0.25) is 0 Å². The van der Waals surface area contributed by atoms with Crippen LogP contribution in [0.15, 0.2) is 65.4 Å². The number of aromatic carboxylic acids is 1. The van der Waals surface area contributed by atoms with E-state index >= 15 is 0 Å². The number of alkyl halides is 1. The van der Waals surface area contributed by atoms with E-state index in [1.54, 1.807) is 53.6 Å². The van der Waals surface area contributed by atoms with Gasteiger partial charge in [0.2, 0.25) is 23.5 Å². The van der Waals surface area contributed by atoms with Crippen LogP contribution in [0.4, 0.5) is 5.95 Å². The van der Waals surface area contributed by atoms with Gasteiger partial charge in [0.15, 0.2) is 5.69 Å². The Morgan fingerprint density at radius 3 is 2.10 bits per heavy atom. The molecule has 6 N–H and O–H groups in total. The molecule has 2 aliphatic rings. The molecular formula is C21H22Br3N9O8. The average molecular weight is 768 g/mol. The molecule has 0 saturated heterocycles. The monoisotopic (exact) mass is 765 g/mol. The Kier molecular flexibility index (Phi) is 15.8. The van der Waals surface area contributed by atoms with Crippen LogP contribution in [0.3, 0.4) is 0 Å². The molecule has 0 radical (unpaired) electrons. The molecule has 17 nitrogen and oxygen atoms in total. The number of aliphatic hydroxyl groups is 1. The predicted molar refractivity (Wildman–Crippen MR) is 158 cm³/mol. The van der Waals surface area contributed by atoms with E-state index in [0.717, 1.165) is 0 Å². The van der Waals surface area contributed by atoms with Gasteiger partial charge in [-0.3, -0.25) is 9.20 Å². The second-order valence-electron chi connectivity index (χ2n) is 7.01. The average Bonchev–Trinajstić information content (AvgIpc) is 3.51. The van der Waals surface area contributed by atoms with Gasteiger partial charge in [-0.2, -0.15) is 0 Å². The zero-order chi connectivity index (χ0) is 29.0. The third-order valence-corrected chi connectivity index (χ3v) is 4.73. The third kappa shape index (κ3) is 11.5. The number of halogens is 3. The molecule has 0 aromatic carbocycles. The number of anilines is 1. The Bertz CT molecular complexity index is 1400. The lowest BCUT2D eigenvalue weighted by Crippen LogP contribution is -2.41. The van der Waals surface area contributed by atoms with Gasteiger partial charge in [0.05, 0.1) is 11.9 Å². The Morgan fingerprint density at radius 1 is 1.02 bits per heavy atom. The molecule has 41 heavy (non-hydrogen) atoms. The van der Waals surface area contributed by atoms with Crippen molar-refractivity contribution >= 4 is 97.5 Å². The van der Waals surface area contributed by atoms with Crippen LogP contribution in [0.1, 0.15) is 10.5 Å². The van der Waals surface area contributed by atoms with Crippen LogP contribution in [0, 0.1) is 0 Å². The number of hydrogen-bond donors (Lipinski definition) is 5. The maximum Gasteiger partial charge on any atom is 0.373 e. The van der Waals surface area contributed by atoms with Crippen LogP contribution in [-0.2, 0) is 14.4 Å². The molecule has 0 spiro atoms. The summed E-state index contributed by atoms with van der Waals surface area (Å²) in [4.78, 5) is 64.3. The first-order chi connectivity index (χ1) is 18.5. The molecule has 0 saturated carbocycles. The highest BCUT2D eigenvalue weighted by Crippen LogP contribution is 2.20. The molecule has 0 aliphatic carbocycles. The Hall–Kier alpha value is -4.14. The van der Waals surface area contributed by atoms with E-state index in [0.29, 0.717) is 11.7 Å². The Labute approximate surface area is 259 Å². The number of carboxylic acid groups (broad SMARTS) is 3. The molecule has 2 aliphatic heterocycles. The van der Waals surface area contributed by atoms with Crippen LogP contribution < -0.4 is 5.73 Å². The highest BCUT2D eigenvalue weighted by molar-refractivity contribution is 9.09. The number of carboxylic acids is 3. The summed E-state index contributed by atoms with van der Waals surface area (Å²) in [5.74, 6) is -3.67. The molecule has 0 amide bonds. The van der Waals surface area contributed by atoms with E-state index in [1.807, 2.05) is 0 Å². The highest BCUT2D eigenvalue weighted by Gasteiger charge is 2.44. The van der Waals surface area contributed by atoms with Crippen LogP contribution in [-0.4, -0.2) is 103 Å². The van der Waals surface area contributed by atoms with E-state index in [2.05, 4.69) is 45.9 Å². The summed E-state index contributed by atoms with van der Waals surface area (Å²) in [6.45, 7) is -0.0918. The van der Waals surface area contributed by atoms with Gasteiger partial charge in [-0.25, -0.2) is 44.3 Å². The van der Waals surface area contributed by atoms with Gasteiger partial charge in [-0.15, -0.1) is 34.0 Å². The molecular weight excluding hydrogens is 746 g/mol. The van der Waals surface area contributed by atoms with Gasteiger partial charge < -0.3 is 31.1 Å². The fourth-order valence-electron chi connectivity index (χ4n) is 2.46. The lowest BCUT2D eigenvalue weighted by Gasteiger charge is -2.16. The van der Waals surface area contributed by atoms with Gasteiger partial charge >= 0.3 is 17.9 Å². The number of aliphatic carboxylic acids is 2. The standard InChI is InChI=1S/C7H7N3O3.C7H5N3O2.C4H5N3.C3H3BrO3.2BrH/c11-5(12)7(13)4-10-3-1-2-8-6(10)9-7;11-6(12)5-4-10-3-1-2-8-7(10)9-5;5-4-6-2-1-3-7-4;4-1-2(5)3(6)7;;/h1-3,13H,4H2,(H,11,12);1-4H,(H,11,12);1-3H,(H2,5,6,7);1H2,(H,6,7);2*1H. The van der Waals surface area contributed by atoms with Crippen molar-refractivity contribution in [3.63, 3.8) is 0 Å². The van der Waals surface area contributed by atoms with Crippen molar-refractivity contribution in [2.45, 2.75) is 5.72 Å². The molecule has 5 heterocycles. The quantitative estimate of drug-likeness (QED) is 0.181. The van der Waals surface area contributed by atoms with E-state index in [4.69, 9.17) is 21.1 Å². The maximum atomic E-state index is 10.6. The summed E-state index contributed by atoms with van der Waals surface area (Å²) in [6, 6.07) is 3.43. The molecule has 0 bridgehead atoms. The third-order valence-electron chi connectivity index (χ3n) is 4.22. The zero-order valence-corrected chi connectivity index (χ0v) is 25.5.